The molecule has 3 amide bonds. The van der Waals surface area contributed by atoms with Crippen molar-refractivity contribution in [2.75, 3.05) is 17.8 Å². The number of thioether (sulfide) groups is 1. The number of H-pyrrole nitrogens is 1. The fraction of sp³-hybridized carbons (Fsp3) is 0.500. The third-order valence-electron chi connectivity index (χ3n) is 5.74. The molecule has 0 spiro atoms. The third kappa shape index (κ3) is 8.17. The predicted octanol–water partition coefficient (Wildman–Crippen LogP) is 0.916. The smallest absolute Gasteiger partial charge is 0.326 e. The molecule has 0 unspecified atom stereocenters. The number of para-hydroxylation sites is 1. The molecule has 2 aromatic rings. The Kier molecular flexibility index (Phi) is 11.6. The molecule has 198 valence electrons. The maximum Gasteiger partial charge on any atom is 0.326 e. The Morgan fingerprint density at radius 3 is 2.33 bits per heavy atom. The zero-order chi connectivity index (χ0) is 26.8. The summed E-state index contributed by atoms with van der Waals surface area (Å²) in [7, 11) is 0. The van der Waals surface area contributed by atoms with Crippen LogP contribution in [-0.4, -0.2) is 75.7 Å². The van der Waals surface area contributed by atoms with Gasteiger partial charge in [0.25, 0.3) is 0 Å². The van der Waals surface area contributed by atoms with Crippen molar-refractivity contribution in [3.05, 3.63) is 36.0 Å². The lowest BCUT2D eigenvalue weighted by atomic mass is 10.00. The average Bonchev–Trinajstić information content (AvgIpc) is 3.26. The highest BCUT2D eigenvalue weighted by Crippen LogP contribution is 2.19. The summed E-state index contributed by atoms with van der Waals surface area (Å²) in [6.07, 6.45) is 3.96. The predicted molar refractivity (Wildman–Crippen MR) is 145 cm³/mol. The Hall–Kier alpha value is -2.70. The molecule has 0 aliphatic heterocycles. The van der Waals surface area contributed by atoms with Crippen molar-refractivity contribution in [3.63, 3.8) is 0 Å². The van der Waals surface area contributed by atoms with Crippen molar-refractivity contribution >= 4 is 59.0 Å². The SMILES string of the molecule is CSCC[C@H](NC(=O)[C@H](Cc1c[nH]c2ccccc12)NC(=O)[C@@H](NC(=O)[C@@H](N)CS)C(C)C)C(=O)O. The molecule has 0 bridgehead atoms. The molecule has 0 saturated heterocycles. The summed E-state index contributed by atoms with van der Waals surface area (Å²) in [5.41, 5.74) is 7.39. The van der Waals surface area contributed by atoms with Crippen molar-refractivity contribution in [2.45, 2.75) is 50.9 Å². The molecule has 2 rings (SSSR count). The van der Waals surface area contributed by atoms with Crippen LogP contribution in [0.15, 0.2) is 30.5 Å². The van der Waals surface area contributed by atoms with Crippen molar-refractivity contribution in [2.24, 2.45) is 11.7 Å². The van der Waals surface area contributed by atoms with Gasteiger partial charge in [-0.15, -0.1) is 0 Å². The number of carboxylic acid groups (broad SMARTS) is 1. The van der Waals surface area contributed by atoms with Gasteiger partial charge in [0.2, 0.25) is 17.7 Å². The number of carbonyl (C=O) groups excluding carboxylic acids is 3. The second-order valence-corrected chi connectivity index (χ2v) is 10.2. The van der Waals surface area contributed by atoms with Gasteiger partial charge >= 0.3 is 5.97 Å². The molecule has 0 aliphatic carbocycles. The summed E-state index contributed by atoms with van der Waals surface area (Å²) in [6, 6.07) is 3.52. The minimum Gasteiger partial charge on any atom is -0.480 e. The van der Waals surface area contributed by atoms with Crippen LogP contribution in [0.5, 0.6) is 0 Å². The average molecular weight is 538 g/mol. The molecule has 7 N–H and O–H groups in total. The lowest BCUT2D eigenvalue weighted by Gasteiger charge is -2.27. The zero-order valence-corrected chi connectivity index (χ0v) is 22.3. The van der Waals surface area contributed by atoms with E-state index in [1.54, 1.807) is 20.0 Å². The number of aromatic amines is 1. The van der Waals surface area contributed by atoms with Gasteiger partial charge in [-0.1, -0.05) is 32.0 Å². The number of aromatic nitrogens is 1. The van der Waals surface area contributed by atoms with Crippen molar-refractivity contribution in [3.8, 4) is 0 Å². The van der Waals surface area contributed by atoms with E-state index in [2.05, 4.69) is 33.6 Å². The quantitative estimate of drug-likeness (QED) is 0.176. The number of carboxylic acids is 1. The number of aliphatic carboxylic acids is 1. The number of nitrogens with one attached hydrogen (secondary N) is 4. The molecule has 36 heavy (non-hydrogen) atoms. The number of nitrogens with two attached hydrogens (primary N) is 1. The lowest BCUT2D eigenvalue weighted by molar-refractivity contribution is -0.142. The zero-order valence-electron chi connectivity index (χ0n) is 20.6. The van der Waals surface area contributed by atoms with Gasteiger partial charge in [-0.2, -0.15) is 24.4 Å². The number of amides is 3. The van der Waals surface area contributed by atoms with Gasteiger partial charge in [-0.05, 0) is 36.0 Å². The molecule has 0 radical (unpaired) electrons. The molecular weight excluding hydrogens is 502 g/mol. The van der Waals surface area contributed by atoms with Gasteiger partial charge in [0.1, 0.15) is 18.1 Å². The van der Waals surface area contributed by atoms with Gasteiger partial charge in [0, 0.05) is 29.3 Å². The molecule has 4 atom stereocenters. The largest absolute Gasteiger partial charge is 0.480 e. The number of hydrogen-bond donors (Lipinski definition) is 7. The Labute approximate surface area is 220 Å². The van der Waals surface area contributed by atoms with Crippen LogP contribution in [0, 0.1) is 5.92 Å². The molecule has 1 aromatic heterocycles. The normalized spacial score (nSPS) is 14.6. The summed E-state index contributed by atoms with van der Waals surface area (Å²) >= 11 is 5.49. The van der Waals surface area contributed by atoms with E-state index in [0.29, 0.717) is 5.75 Å². The standard InChI is InChI=1S/C24H35N5O5S2/c1-13(2)20(29-21(30)16(25)12-35)23(32)28-19(22(31)27-18(24(33)34)8-9-36-3)10-14-11-26-17-7-5-4-6-15(14)17/h4-7,11,13,16,18-20,26,35H,8-10,12,25H2,1-3H3,(H,27,31)(H,28,32)(H,29,30)(H,33,34)/t16-,18-,19-,20-/m0/s1. The summed E-state index contributed by atoms with van der Waals surface area (Å²) in [5.74, 6) is -2.52. The molecule has 10 nitrogen and oxygen atoms in total. The van der Waals surface area contributed by atoms with Crippen LogP contribution < -0.4 is 21.7 Å². The summed E-state index contributed by atoms with van der Waals surface area (Å²) in [5, 5.41) is 18.4. The van der Waals surface area contributed by atoms with Gasteiger partial charge in [0.05, 0.1) is 6.04 Å². The summed E-state index contributed by atoms with van der Waals surface area (Å²) < 4.78 is 0. The van der Waals surface area contributed by atoms with E-state index in [-0.39, 0.29) is 24.5 Å². The van der Waals surface area contributed by atoms with Gasteiger partial charge in [-0.3, -0.25) is 14.4 Å². The van der Waals surface area contributed by atoms with Crippen LogP contribution in [0.4, 0.5) is 0 Å². The van der Waals surface area contributed by atoms with E-state index < -0.39 is 47.9 Å². The van der Waals surface area contributed by atoms with Gasteiger partial charge in [-0.25, -0.2) is 4.79 Å². The molecule has 0 aliphatic rings. The highest BCUT2D eigenvalue weighted by atomic mass is 32.2. The van der Waals surface area contributed by atoms with Crippen LogP contribution in [0.1, 0.15) is 25.8 Å². The third-order valence-corrected chi connectivity index (χ3v) is 6.77. The van der Waals surface area contributed by atoms with Gasteiger partial charge in [0.15, 0.2) is 0 Å². The minimum atomic E-state index is -1.15. The maximum atomic E-state index is 13.3. The van der Waals surface area contributed by atoms with Gasteiger partial charge < -0.3 is 31.8 Å². The van der Waals surface area contributed by atoms with Crippen LogP contribution in [0.25, 0.3) is 10.9 Å². The molecular formula is C24H35N5O5S2. The first-order valence-electron chi connectivity index (χ1n) is 11.6. The Balaban J connectivity index is 2.30. The van der Waals surface area contributed by atoms with Crippen molar-refractivity contribution in [1.29, 1.82) is 0 Å². The first kappa shape index (κ1) is 29.5. The molecule has 1 heterocycles. The van der Waals surface area contributed by atoms with Crippen LogP contribution in [0.3, 0.4) is 0 Å². The lowest BCUT2D eigenvalue weighted by Crippen LogP contribution is -2.59. The number of rotatable bonds is 14. The van der Waals surface area contributed by atoms with Crippen LogP contribution in [0.2, 0.25) is 0 Å². The Bertz CT molecular complexity index is 1060. The van der Waals surface area contributed by atoms with Crippen LogP contribution in [-0.2, 0) is 25.6 Å². The Morgan fingerprint density at radius 2 is 1.72 bits per heavy atom. The van der Waals surface area contributed by atoms with E-state index >= 15 is 0 Å². The highest BCUT2D eigenvalue weighted by Gasteiger charge is 2.32. The number of fused-ring (bicyclic) bond motifs is 1. The van der Waals surface area contributed by atoms with E-state index in [1.165, 1.54) is 11.8 Å². The molecule has 0 fully saturated rings. The van der Waals surface area contributed by atoms with E-state index in [0.717, 1.165) is 16.5 Å². The first-order chi connectivity index (χ1) is 17.1. The topological polar surface area (TPSA) is 166 Å². The number of hydrogen-bond acceptors (Lipinski definition) is 7. The molecule has 0 saturated carbocycles. The molecule has 12 heteroatoms. The van der Waals surface area contributed by atoms with Crippen molar-refractivity contribution in [1.82, 2.24) is 20.9 Å². The fourth-order valence-corrected chi connectivity index (χ4v) is 4.27. The number of carbonyl (C=O) groups is 4. The second kappa shape index (κ2) is 14.1. The fourth-order valence-electron chi connectivity index (χ4n) is 3.63. The first-order valence-corrected chi connectivity index (χ1v) is 13.7. The van der Waals surface area contributed by atoms with Crippen molar-refractivity contribution < 1.29 is 24.3 Å². The number of benzene rings is 1. The van der Waals surface area contributed by atoms with E-state index in [1.807, 2.05) is 30.5 Å². The maximum absolute atomic E-state index is 13.3. The highest BCUT2D eigenvalue weighted by molar-refractivity contribution is 7.98. The number of thiol groups is 1. The Morgan fingerprint density at radius 1 is 1.06 bits per heavy atom. The summed E-state index contributed by atoms with van der Waals surface area (Å²) in [6.45, 7) is 3.52. The summed E-state index contributed by atoms with van der Waals surface area (Å²) in [4.78, 5) is 53.7. The van der Waals surface area contributed by atoms with E-state index in [9.17, 15) is 24.3 Å². The monoisotopic (exact) mass is 537 g/mol. The minimum absolute atomic E-state index is 0.108. The van der Waals surface area contributed by atoms with E-state index in [4.69, 9.17) is 5.73 Å². The van der Waals surface area contributed by atoms with Crippen LogP contribution >= 0.6 is 24.4 Å². The second-order valence-electron chi connectivity index (χ2n) is 8.83. The molecule has 1 aromatic carbocycles.